The summed E-state index contributed by atoms with van der Waals surface area (Å²) in [6.45, 7) is 5.41. The van der Waals surface area contributed by atoms with Crippen LogP contribution in [0.2, 0.25) is 4.34 Å². The fourth-order valence-electron chi connectivity index (χ4n) is 1.27. The first-order valence-electron chi connectivity index (χ1n) is 5.57. The first-order chi connectivity index (χ1) is 8.90. The van der Waals surface area contributed by atoms with Gasteiger partial charge in [0.2, 0.25) is 0 Å². The number of rotatable bonds is 3. The average Bonchev–Trinajstić information content (AvgIpc) is 2.57. The third kappa shape index (κ3) is 5.12. The van der Waals surface area contributed by atoms with E-state index in [2.05, 4.69) is 0 Å². The number of hydrogen-bond acceptors (Lipinski definition) is 5. The smallest absolute Gasteiger partial charge is 0.410 e. The maximum Gasteiger partial charge on any atom is 0.410 e. The van der Waals surface area contributed by atoms with E-state index in [1.54, 1.807) is 20.8 Å². The Morgan fingerprint density at radius 1 is 1.45 bits per heavy atom. The van der Waals surface area contributed by atoms with E-state index in [-0.39, 0.29) is 15.1 Å². The lowest BCUT2D eigenvalue weighted by Gasteiger charge is -2.24. The number of carbonyl (C=O) groups excluding carboxylic acids is 1. The minimum atomic E-state index is -3.82. The second-order valence-electron chi connectivity index (χ2n) is 5.14. The Hall–Kier alpha value is -0.500. The van der Waals surface area contributed by atoms with Crippen LogP contribution in [0.25, 0.3) is 0 Å². The van der Waals surface area contributed by atoms with E-state index < -0.39 is 20.7 Å². The number of nitrogens with zero attached hydrogens (tertiary/aromatic N) is 1. The van der Waals surface area contributed by atoms with Gasteiger partial charge in [-0.2, -0.15) is 0 Å². The molecule has 5 nitrogen and oxygen atoms in total. The van der Waals surface area contributed by atoms with Crippen LogP contribution in [0.3, 0.4) is 0 Å². The SMILES string of the molecule is CN(Cc1cc(S(=O)(=O)Cl)sc1Cl)C(=O)OC(C)(C)C. The van der Waals surface area contributed by atoms with E-state index in [9.17, 15) is 13.2 Å². The van der Waals surface area contributed by atoms with Gasteiger partial charge in [-0.25, -0.2) is 13.2 Å². The Bertz CT molecular complexity index is 604. The van der Waals surface area contributed by atoms with E-state index in [4.69, 9.17) is 27.0 Å². The molecule has 0 saturated heterocycles. The molecule has 0 radical (unpaired) electrons. The zero-order chi connectivity index (χ0) is 15.7. The Balaban J connectivity index is 2.84. The van der Waals surface area contributed by atoms with E-state index in [0.717, 1.165) is 11.3 Å². The first kappa shape index (κ1) is 17.6. The van der Waals surface area contributed by atoms with Crippen molar-refractivity contribution in [3.05, 3.63) is 16.0 Å². The van der Waals surface area contributed by atoms with Gasteiger partial charge in [0.05, 0.1) is 10.9 Å². The summed E-state index contributed by atoms with van der Waals surface area (Å²) in [4.78, 5) is 13.1. The Kier molecular flexibility index (Phi) is 5.34. The molecule has 0 N–H and O–H groups in total. The monoisotopic (exact) mass is 359 g/mol. The van der Waals surface area contributed by atoms with Crippen LogP contribution < -0.4 is 0 Å². The van der Waals surface area contributed by atoms with Crippen LogP contribution in [0.4, 0.5) is 4.79 Å². The predicted molar refractivity (Wildman–Crippen MR) is 80.1 cm³/mol. The predicted octanol–water partition coefficient (Wildman–Crippen LogP) is 3.70. The van der Waals surface area contributed by atoms with Gasteiger partial charge in [-0.15, -0.1) is 11.3 Å². The van der Waals surface area contributed by atoms with Crippen molar-refractivity contribution in [3.63, 3.8) is 0 Å². The Morgan fingerprint density at radius 3 is 2.40 bits per heavy atom. The highest BCUT2D eigenvalue weighted by molar-refractivity contribution is 8.15. The van der Waals surface area contributed by atoms with Gasteiger partial charge in [-0.3, -0.25) is 0 Å². The summed E-state index contributed by atoms with van der Waals surface area (Å²) in [5.74, 6) is 0. The molecular weight excluding hydrogens is 345 g/mol. The molecule has 1 aromatic heterocycles. The summed E-state index contributed by atoms with van der Waals surface area (Å²) in [6.07, 6.45) is -0.518. The quantitative estimate of drug-likeness (QED) is 0.771. The topological polar surface area (TPSA) is 63.7 Å². The highest BCUT2D eigenvalue weighted by Crippen LogP contribution is 2.33. The highest BCUT2D eigenvalue weighted by atomic mass is 35.7. The van der Waals surface area contributed by atoms with Crippen molar-refractivity contribution in [2.75, 3.05) is 7.05 Å². The van der Waals surface area contributed by atoms with Crippen LogP contribution in [0.1, 0.15) is 26.3 Å². The Labute approximate surface area is 131 Å². The van der Waals surface area contributed by atoms with Crippen LogP contribution in [-0.2, 0) is 20.3 Å². The van der Waals surface area contributed by atoms with E-state index in [0.29, 0.717) is 5.56 Å². The normalized spacial score (nSPS) is 12.3. The molecule has 9 heteroatoms. The molecule has 114 valence electrons. The van der Waals surface area contributed by atoms with Crippen molar-refractivity contribution in [2.45, 2.75) is 37.1 Å². The van der Waals surface area contributed by atoms with Crippen LogP contribution in [0.5, 0.6) is 0 Å². The fourth-order valence-corrected chi connectivity index (χ4v) is 3.75. The molecule has 0 aliphatic carbocycles. The van der Waals surface area contributed by atoms with Gasteiger partial charge in [0, 0.05) is 23.3 Å². The molecule has 0 unspecified atom stereocenters. The molecule has 0 bridgehead atoms. The van der Waals surface area contributed by atoms with Crippen molar-refractivity contribution < 1.29 is 17.9 Å². The van der Waals surface area contributed by atoms with E-state index in [1.165, 1.54) is 18.0 Å². The highest BCUT2D eigenvalue weighted by Gasteiger charge is 2.22. The van der Waals surface area contributed by atoms with Gasteiger partial charge in [0.15, 0.2) is 0 Å². The average molecular weight is 360 g/mol. The summed E-state index contributed by atoms with van der Waals surface area (Å²) in [5.41, 5.74) is -0.0988. The minimum Gasteiger partial charge on any atom is -0.444 e. The zero-order valence-electron chi connectivity index (χ0n) is 11.4. The number of halogens is 2. The maximum atomic E-state index is 11.8. The number of ether oxygens (including phenoxy) is 1. The molecule has 0 fully saturated rings. The van der Waals surface area contributed by atoms with Gasteiger partial charge >= 0.3 is 6.09 Å². The summed E-state index contributed by atoms with van der Waals surface area (Å²) in [6, 6.07) is 1.36. The second kappa shape index (κ2) is 6.09. The molecule has 0 aromatic carbocycles. The maximum absolute atomic E-state index is 11.8. The van der Waals surface area contributed by atoms with Crippen molar-refractivity contribution in [1.82, 2.24) is 4.90 Å². The van der Waals surface area contributed by atoms with Gasteiger partial charge in [0.25, 0.3) is 9.05 Å². The Morgan fingerprint density at radius 2 is 2.00 bits per heavy atom. The third-order valence-corrected chi connectivity index (χ3v) is 5.60. The lowest BCUT2D eigenvalue weighted by Crippen LogP contribution is -2.33. The third-order valence-electron chi connectivity index (χ3n) is 2.09. The molecule has 1 aromatic rings. The molecule has 1 heterocycles. The standard InChI is InChI=1S/C11H15Cl2NO4S2/c1-11(2,3)18-10(15)14(4)6-7-5-8(19-9(7)12)20(13,16)17/h5H,6H2,1-4H3. The molecule has 0 aliphatic heterocycles. The van der Waals surface area contributed by atoms with Crippen molar-refractivity contribution >= 4 is 48.8 Å². The van der Waals surface area contributed by atoms with Crippen molar-refractivity contribution in [3.8, 4) is 0 Å². The summed E-state index contributed by atoms with van der Waals surface area (Å²) >= 11 is 6.80. The molecule has 1 amide bonds. The summed E-state index contributed by atoms with van der Waals surface area (Å²) < 4.78 is 27.9. The van der Waals surface area contributed by atoms with E-state index >= 15 is 0 Å². The molecular formula is C11H15Cl2NO4S2. The minimum absolute atomic E-state index is 0.0447. The second-order valence-corrected chi connectivity index (χ2v) is 9.59. The van der Waals surface area contributed by atoms with Gasteiger partial charge in [-0.05, 0) is 26.8 Å². The molecule has 0 spiro atoms. The van der Waals surface area contributed by atoms with Crippen LogP contribution in [0.15, 0.2) is 10.3 Å². The lowest BCUT2D eigenvalue weighted by molar-refractivity contribution is 0.0285. The van der Waals surface area contributed by atoms with Gasteiger partial charge in [0.1, 0.15) is 9.81 Å². The molecule has 0 aliphatic rings. The van der Waals surface area contributed by atoms with Crippen LogP contribution in [-0.4, -0.2) is 32.1 Å². The first-order valence-corrected chi connectivity index (χ1v) is 9.07. The molecule has 1 rings (SSSR count). The van der Waals surface area contributed by atoms with Gasteiger partial charge < -0.3 is 9.64 Å². The summed E-state index contributed by atoms with van der Waals surface area (Å²) in [5, 5.41) is 0. The van der Waals surface area contributed by atoms with Crippen molar-refractivity contribution in [2.24, 2.45) is 0 Å². The molecule has 0 saturated carbocycles. The number of hydrogen-bond donors (Lipinski definition) is 0. The number of amides is 1. The van der Waals surface area contributed by atoms with Crippen LogP contribution in [0, 0.1) is 0 Å². The van der Waals surface area contributed by atoms with E-state index in [1.807, 2.05) is 0 Å². The fraction of sp³-hybridized carbons (Fsp3) is 0.545. The molecule has 20 heavy (non-hydrogen) atoms. The largest absolute Gasteiger partial charge is 0.444 e. The van der Waals surface area contributed by atoms with Crippen molar-refractivity contribution in [1.29, 1.82) is 0 Å². The lowest BCUT2D eigenvalue weighted by atomic mass is 10.2. The van der Waals surface area contributed by atoms with Crippen LogP contribution >= 0.6 is 33.6 Å². The number of carbonyl (C=O) groups is 1. The van der Waals surface area contributed by atoms with Gasteiger partial charge in [-0.1, -0.05) is 11.6 Å². The zero-order valence-corrected chi connectivity index (χ0v) is 14.6. The molecule has 0 atom stereocenters. The number of thiophene rings is 1. The summed E-state index contributed by atoms with van der Waals surface area (Å²) in [7, 11) is 2.97.